The lowest BCUT2D eigenvalue weighted by atomic mass is 9.93. The first-order chi connectivity index (χ1) is 15.8. The largest absolute Gasteiger partial charge is 0.370 e. The molecule has 0 fully saturated rings. The summed E-state index contributed by atoms with van der Waals surface area (Å²) in [5.74, 6) is 0. The van der Waals surface area contributed by atoms with Gasteiger partial charge >= 0.3 is 0 Å². The molecule has 2 nitrogen and oxygen atoms in total. The number of rotatable bonds is 4. The Bertz CT molecular complexity index is 1480. The van der Waals surface area contributed by atoms with Crippen molar-refractivity contribution in [3.05, 3.63) is 113 Å². The van der Waals surface area contributed by atoms with Crippen LogP contribution < -0.4 is 10.6 Å². The Hall–Kier alpha value is -3.40. The molecule has 3 heteroatoms. The average molecular weight is 433 g/mol. The summed E-state index contributed by atoms with van der Waals surface area (Å²) in [6.45, 7) is 0.876. The summed E-state index contributed by atoms with van der Waals surface area (Å²) in [7, 11) is 0. The molecule has 5 aromatic rings. The van der Waals surface area contributed by atoms with Crippen molar-refractivity contribution in [2.45, 2.75) is 12.6 Å². The lowest BCUT2D eigenvalue weighted by Crippen LogP contribution is -2.44. The van der Waals surface area contributed by atoms with E-state index in [1.54, 1.807) is 11.3 Å². The minimum absolute atomic E-state index is 0.152. The van der Waals surface area contributed by atoms with E-state index in [0.29, 0.717) is 0 Å². The highest BCUT2D eigenvalue weighted by molar-refractivity contribution is 7.10. The van der Waals surface area contributed by atoms with Crippen LogP contribution in [0.25, 0.3) is 38.4 Å². The second-order valence-corrected chi connectivity index (χ2v) is 9.25. The van der Waals surface area contributed by atoms with Crippen LogP contribution >= 0.6 is 11.3 Å². The second kappa shape index (κ2) is 8.27. The van der Waals surface area contributed by atoms with Gasteiger partial charge < -0.3 is 5.32 Å². The summed E-state index contributed by atoms with van der Waals surface area (Å²) in [5.41, 5.74) is 2.63. The van der Waals surface area contributed by atoms with Gasteiger partial charge in [-0.15, -0.1) is 11.3 Å². The summed E-state index contributed by atoms with van der Waals surface area (Å²) in [4.78, 5) is 1.28. The van der Waals surface area contributed by atoms with Crippen LogP contribution in [0.15, 0.2) is 102 Å². The molecule has 0 aliphatic carbocycles. The van der Waals surface area contributed by atoms with Crippen LogP contribution in [0, 0.1) is 0 Å². The van der Waals surface area contributed by atoms with Gasteiger partial charge in [0.2, 0.25) is 0 Å². The van der Waals surface area contributed by atoms with Gasteiger partial charge in [0.1, 0.15) is 0 Å². The normalized spacial score (nSPS) is 16.6. The van der Waals surface area contributed by atoms with Crippen molar-refractivity contribution in [2.24, 2.45) is 0 Å². The molecule has 1 aromatic heterocycles. The highest BCUT2D eigenvalue weighted by Crippen LogP contribution is 2.33. The maximum atomic E-state index is 3.66. The van der Waals surface area contributed by atoms with Crippen LogP contribution in [-0.4, -0.2) is 12.7 Å². The van der Waals surface area contributed by atoms with E-state index < -0.39 is 0 Å². The first-order valence-electron chi connectivity index (χ1n) is 11.1. The van der Waals surface area contributed by atoms with Gasteiger partial charge in [0.05, 0.1) is 6.17 Å². The maximum Gasteiger partial charge on any atom is 0.0964 e. The third-order valence-electron chi connectivity index (χ3n) is 6.28. The molecule has 0 bridgehead atoms. The number of allylic oxidation sites excluding steroid dienone is 1. The fraction of sp³-hybridized carbons (Fsp3) is 0.103. The number of nitrogens with one attached hydrogen (secondary N) is 2. The molecule has 6 rings (SSSR count). The maximum absolute atomic E-state index is 3.66. The zero-order valence-corrected chi connectivity index (χ0v) is 18.5. The molecule has 0 amide bonds. The SMILES string of the molecule is C(=CC1NCC=C(Cc2cccc3c2ccc2c4ccccc4ccc32)N1)c1cccs1. The van der Waals surface area contributed by atoms with E-state index in [1.165, 1.54) is 48.5 Å². The molecule has 2 N–H and O–H groups in total. The summed E-state index contributed by atoms with van der Waals surface area (Å²) in [5, 5.41) is 17.2. The van der Waals surface area contributed by atoms with Crippen LogP contribution in [0.4, 0.5) is 0 Å². The summed E-state index contributed by atoms with van der Waals surface area (Å²) < 4.78 is 0. The van der Waals surface area contributed by atoms with Crippen molar-refractivity contribution in [1.29, 1.82) is 0 Å². The van der Waals surface area contributed by atoms with Crippen molar-refractivity contribution in [3.63, 3.8) is 0 Å². The van der Waals surface area contributed by atoms with E-state index >= 15 is 0 Å². The van der Waals surface area contributed by atoms with Crippen LogP contribution in [-0.2, 0) is 6.42 Å². The lowest BCUT2D eigenvalue weighted by molar-refractivity contribution is 0.531. The van der Waals surface area contributed by atoms with Crippen molar-refractivity contribution in [3.8, 4) is 0 Å². The molecule has 0 saturated heterocycles. The summed E-state index contributed by atoms with van der Waals surface area (Å²) in [6.07, 6.45) is 7.72. The monoisotopic (exact) mass is 432 g/mol. The quantitative estimate of drug-likeness (QED) is 0.303. The number of fused-ring (bicyclic) bond motifs is 5. The molecular weight excluding hydrogens is 408 g/mol. The molecule has 1 atom stereocenters. The predicted molar refractivity (Wildman–Crippen MR) is 139 cm³/mol. The third-order valence-corrected chi connectivity index (χ3v) is 7.12. The van der Waals surface area contributed by atoms with Crippen LogP contribution in [0.1, 0.15) is 10.4 Å². The third kappa shape index (κ3) is 3.60. The second-order valence-electron chi connectivity index (χ2n) is 8.27. The van der Waals surface area contributed by atoms with Crippen LogP contribution in [0.3, 0.4) is 0 Å². The van der Waals surface area contributed by atoms with Gasteiger partial charge in [-0.2, -0.15) is 0 Å². The highest BCUT2D eigenvalue weighted by atomic mass is 32.1. The molecular formula is C29H24N2S. The van der Waals surface area contributed by atoms with Gasteiger partial charge in [0.25, 0.3) is 0 Å². The van der Waals surface area contributed by atoms with Gasteiger partial charge in [-0.25, -0.2) is 0 Å². The molecule has 1 aliphatic rings. The number of hydrogen-bond acceptors (Lipinski definition) is 3. The smallest absolute Gasteiger partial charge is 0.0964 e. The molecule has 0 saturated carbocycles. The zero-order chi connectivity index (χ0) is 21.3. The summed E-state index contributed by atoms with van der Waals surface area (Å²) >= 11 is 1.76. The van der Waals surface area contributed by atoms with Gasteiger partial charge in [-0.1, -0.05) is 78.9 Å². The Labute approximate surface area is 191 Å². The Morgan fingerprint density at radius 1 is 0.781 bits per heavy atom. The van der Waals surface area contributed by atoms with Crippen LogP contribution in [0.2, 0.25) is 0 Å². The summed E-state index contributed by atoms with van der Waals surface area (Å²) in [6, 6.07) is 28.7. The number of hydrogen-bond donors (Lipinski definition) is 2. The van der Waals surface area contributed by atoms with E-state index in [-0.39, 0.29) is 6.17 Å². The zero-order valence-electron chi connectivity index (χ0n) is 17.7. The van der Waals surface area contributed by atoms with E-state index in [1.807, 2.05) is 0 Å². The van der Waals surface area contributed by atoms with E-state index in [0.717, 1.165) is 13.0 Å². The van der Waals surface area contributed by atoms with E-state index in [4.69, 9.17) is 0 Å². The molecule has 1 aliphatic heterocycles. The predicted octanol–water partition coefficient (Wildman–Crippen LogP) is 6.87. The Morgan fingerprint density at radius 2 is 1.59 bits per heavy atom. The number of benzene rings is 4. The fourth-order valence-corrected chi connectivity index (χ4v) is 5.34. The van der Waals surface area contributed by atoms with Crippen LogP contribution in [0.5, 0.6) is 0 Å². The molecule has 4 aromatic carbocycles. The molecule has 2 heterocycles. The Balaban J connectivity index is 1.32. The average Bonchev–Trinajstić information content (AvgIpc) is 3.37. The number of thiophene rings is 1. The lowest BCUT2D eigenvalue weighted by Gasteiger charge is -2.25. The molecule has 32 heavy (non-hydrogen) atoms. The van der Waals surface area contributed by atoms with Gasteiger partial charge in [0.15, 0.2) is 0 Å². The van der Waals surface area contributed by atoms with Crippen molar-refractivity contribution in [1.82, 2.24) is 10.6 Å². The Kier molecular flexibility index (Phi) is 4.99. The topological polar surface area (TPSA) is 24.1 Å². The van der Waals surface area contributed by atoms with Crippen molar-refractivity contribution < 1.29 is 0 Å². The van der Waals surface area contributed by atoms with E-state index in [9.17, 15) is 0 Å². The van der Waals surface area contributed by atoms with Crippen molar-refractivity contribution in [2.75, 3.05) is 6.54 Å². The minimum atomic E-state index is 0.152. The van der Waals surface area contributed by atoms with E-state index in [2.05, 4.69) is 113 Å². The fourth-order valence-electron chi connectivity index (χ4n) is 4.72. The molecule has 156 valence electrons. The highest BCUT2D eigenvalue weighted by Gasteiger charge is 2.13. The van der Waals surface area contributed by atoms with Gasteiger partial charge in [-0.3, -0.25) is 5.32 Å². The molecule has 0 spiro atoms. The molecule has 0 radical (unpaired) electrons. The van der Waals surface area contributed by atoms with Crippen molar-refractivity contribution >= 4 is 49.7 Å². The first-order valence-corrected chi connectivity index (χ1v) is 12.0. The Morgan fingerprint density at radius 3 is 2.53 bits per heavy atom. The molecule has 1 unspecified atom stereocenters. The standard InChI is InChI=1S/C29H24N2S/c1-2-8-24-20(5-1)10-12-28-26-9-3-6-21(25(26)13-14-27(24)28)19-22-16-17-30-29(31-22)15-11-23-7-4-18-32-23/h1-16,18,29-31H,17,19H2. The van der Waals surface area contributed by atoms with Gasteiger partial charge in [-0.05, 0) is 61.5 Å². The first kappa shape index (κ1) is 19.3. The minimum Gasteiger partial charge on any atom is -0.370 e. The van der Waals surface area contributed by atoms with Gasteiger partial charge in [0, 0.05) is 23.5 Å².